The molecule has 0 bridgehead atoms. The van der Waals surface area contributed by atoms with Crippen LogP contribution in [0.25, 0.3) is 0 Å². The van der Waals surface area contributed by atoms with Gasteiger partial charge in [0.05, 0.1) is 0 Å². The number of carbonyl (C=O) groups excluding carboxylic acids is 1. The summed E-state index contributed by atoms with van der Waals surface area (Å²) in [7, 11) is 0. The number of carbonyl (C=O) groups is 1. The zero-order chi connectivity index (χ0) is 15.5. The fraction of sp³-hybridized carbons (Fsp3) is 0.412. The minimum absolute atomic E-state index is 0.0994. The molecule has 0 aliphatic carbocycles. The number of nitrogens with zero attached hydrogens (tertiary/aromatic N) is 3. The van der Waals surface area contributed by atoms with E-state index in [9.17, 15) is 4.79 Å². The molecule has 2 N–H and O–H groups in total. The molecule has 1 aromatic heterocycles. The lowest BCUT2D eigenvalue weighted by Crippen LogP contribution is -2.39. The van der Waals surface area contributed by atoms with Crippen molar-refractivity contribution >= 4 is 11.6 Å². The van der Waals surface area contributed by atoms with Crippen LogP contribution in [0.2, 0.25) is 0 Å². The lowest BCUT2D eigenvalue weighted by molar-refractivity contribution is 0.0680. The van der Waals surface area contributed by atoms with Crippen LogP contribution < -0.4 is 5.73 Å². The second kappa shape index (κ2) is 6.22. The van der Waals surface area contributed by atoms with Crippen molar-refractivity contribution in [3.8, 4) is 0 Å². The summed E-state index contributed by atoms with van der Waals surface area (Å²) >= 11 is 0. The second-order valence-corrected chi connectivity index (χ2v) is 6.04. The summed E-state index contributed by atoms with van der Waals surface area (Å²) in [5.74, 6) is 0.688. The molecular formula is C17H22N4O. The molecule has 2 heterocycles. The third-order valence-electron chi connectivity index (χ3n) is 4.40. The van der Waals surface area contributed by atoms with Crippen LogP contribution in [0, 0.1) is 12.8 Å². The van der Waals surface area contributed by atoms with Crippen LogP contribution in [-0.2, 0) is 6.54 Å². The number of piperidine rings is 1. The molecule has 1 fully saturated rings. The maximum Gasteiger partial charge on any atom is 0.254 e. The van der Waals surface area contributed by atoms with Gasteiger partial charge >= 0.3 is 0 Å². The van der Waals surface area contributed by atoms with Crippen LogP contribution >= 0.6 is 0 Å². The Hall–Kier alpha value is -2.30. The molecule has 0 saturated carbocycles. The number of nitrogen functional groups attached to an aromatic ring is 1. The van der Waals surface area contributed by atoms with E-state index in [0.717, 1.165) is 43.6 Å². The average molecular weight is 298 g/mol. The summed E-state index contributed by atoms with van der Waals surface area (Å²) in [6.45, 7) is 4.50. The quantitative estimate of drug-likeness (QED) is 0.885. The van der Waals surface area contributed by atoms with E-state index in [2.05, 4.69) is 5.10 Å². The molecule has 3 rings (SSSR count). The first-order valence-corrected chi connectivity index (χ1v) is 7.76. The molecule has 1 saturated heterocycles. The number of hydrogen-bond donors (Lipinski definition) is 1. The van der Waals surface area contributed by atoms with E-state index in [1.165, 1.54) is 0 Å². The predicted octanol–water partition coefficient (Wildman–Crippen LogP) is 2.33. The predicted molar refractivity (Wildman–Crippen MR) is 86.4 cm³/mol. The van der Waals surface area contributed by atoms with Crippen LogP contribution in [0.15, 0.2) is 36.7 Å². The van der Waals surface area contributed by atoms with Gasteiger partial charge in [-0.3, -0.25) is 9.48 Å². The number of anilines is 1. The van der Waals surface area contributed by atoms with Crippen LogP contribution in [0.5, 0.6) is 0 Å². The summed E-state index contributed by atoms with van der Waals surface area (Å²) in [6.07, 6.45) is 5.84. The maximum absolute atomic E-state index is 12.6. The Morgan fingerprint density at radius 1 is 1.36 bits per heavy atom. The Morgan fingerprint density at radius 3 is 2.82 bits per heavy atom. The molecule has 5 heteroatoms. The standard InChI is InChI=1S/C17H22N4O/c1-13-3-4-15(18)11-16(13)17(22)20-9-5-14(6-10-20)12-21-8-2-7-19-21/h2-4,7-8,11,14H,5-6,9-10,12,18H2,1H3. The largest absolute Gasteiger partial charge is 0.399 e. The molecule has 5 nitrogen and oxygen atoms in total. The zero-order valence-corrected chi connectivity index (χ0v) is 12.9. The number of benzene rings is 1. The summed E-state index contributed by atoms with van der Waals surface area (Å²) in [5.41, 5.74) is 8.16. The zero-order valence-electron chi connectivity index (χ0n) is 12.9. The average Bonchev–Trinajstić information content (AvgIpc) is 3.03. The SMILES string of the molecule is Cc1ccc(N)cc1C(=O)N1CCC(Cn2cccn2)CC1. The fourth-order valence-electron chi connectivity index (χ4n) is 3.03. The van der Waals surface area contributed by atoms with E-state index in [1.807, 2.05) is 40.9 Å². The van der Waals surface area contributed by atoms with Crippen molar-refractivity contribution in [2.45, 2.75) is 26.3 Å². The molecule has 1 amide bonds. The van der Waals surface area contributed by atoms with Gasteiger partial charge in [0.2, 0.25) is 0 Å². The number of aryl methyl sites for hydroxylation is 1. The molecule has 22 heavy (non-hydrogen) atoms. The number of hydrogen-bond acceptors (Lipinski definition) is 3. The highest BCUT2D eigenvalue weighted by atomic mass is 16.2. The number of amides is 1. The first kappa shape index (κ1) is 14.6. The van der Waals surface area contributed by atoms with E-state index in [1.54, 1.807) is 12.3 Å². The highest BCUT2D eigenvalue weighted by Crippen LogP contribution is 2.22. The number of rotatable bonds is 3. The van der Waals surface area contributed by atoms with Gasteiger partial charge in [-0.05, 0) is 49.4 Å². The Morgan fingerprint density at radius 2 is 2.14 bits per heavy atom. The Balaban J connectivity index is 1.61. The smallest absolute Gasteiger partial charge is 0.254 e. The van der Waals surface area contributed by atoms with Gasteiger partial charge in [0, 0.05) is 43.3 Å². The van der Waals surface area contributed by atoms with Gasteiger partial charge in [-0.25, -0.2) is 0 Å². The molecule has 0 spiro atoms. The van der Waals surface area contributed by atoms with Crippen LogP contribution in [0.1, 0.15) is 28.8 Å². The minimum Gasteiger partial charge on any atom is -0.399 e. The van der Waals surface area contributed by atoms with E-state index in [-0.39, 0.29) is 5.91 Å². The molecule has 116 valence electrons. The van der Waals surface area contributed by atoms with Crippen molar-refractivity contribution < 1.29 is 4.79 Å². The molecule has 0 radical (unpaired) electrons. The Bertz CT molecular complexity index is 643. The van der Waals surface area contributed by atoms with Gasteiger partial charge in [0.15, 0.2) is 0 Å². The van der Waals surface area contributed by atoms with E-state index >= 15 is 0 Å². The molecule has 1 aliphatic rings. The molecule has 0 atom stereocenters. The lowest BCUT2D eigenvalue weighted by atomic mass is 9.96. The van der Waals surface area contributed by atoms with Gasteiger partial charge in [-0.2, -0.15) is 5.10 Å². The minimum atomic E-state index is 0.0994. The Kier molecular flexibility index (Phi) is 4.13. The molecule has 2 aromatic rings. The van der Waals surface area contributed by atoms with Crippen LogP contribution in [0.4, 0.5) is 5.69 Å². The van der Waals surface area contributed by atoms with E-state index in [4.69, 9.17) is 5.73 Å². The van der Waals surface area contributed by atoms with E-state index in [0.29, 0.717) is 11.6 Å². The third-order valence-corrected chi connectivity index (χ3v) is 4.40. The topological polar surface area (TPSA) is 64.2 Å². The first-order chi connectivity index (χ1) is 10.6. The molecule has 1 aromatic carbocycles. The first-order valence-electron chi connectivity index (χ1n) is 7.76. The van der Waals surface area contributed by atoms with Crippen molar-refractivity contribution in [1.82, 2.24) is 14.7 Å². The molecular weight excluding hydrogens is 276 g/mol. The highest BCUT2D eigenvalue weighted by molar-refractivity contribution is 5.96. The summed E-state index contributed by atoms with van der Waals surface area (Å²) in [4.78, 5) is 14.6. The van der Waals surface area contributed by atoms with Gasteiger partial charge in [0.25, 0.3) is 5.91 Å². The second-order valence-electron chi connectivity index (χ2n) is 6.04. The summed E-state index contributed by atoms with van der Waals surface area (Å²) < 4.78 is 1.98. The normalized spacial score (nSPS) is 16.0. The van der Waals surface area contributed by atoms with Crippen LogP contribution in [-0.4, -0.2) is 33.7 Å². The molecule has 1 aliphatic heterocycles. The van der Waals surface area contributed by atoms with Gasteiger partial charge in [-0.15, -0.1) is 0 Å². The highest BCUT2D eigenvalue weighted by Gasteiger charge is 2.24. The number of nitrogens with two attached hydrogens (primary N) is 1. The van der Waals surface area contributed by atoms with Crippen LogP contribution in [0.3, 0.4) is 0 Å². The molecule has 0 unspecified atom stereocenters. The summed E-state index contributed by atoms with van der Waals surface area (Å²) in [6, 6.07) is 7.48. The van der Waals surface area contributed by atoms with Crippen molar-refractivity contribution in [2.24, 2.45) is 5.92 Å². The van der Waals surface area contributed by atoms with Gasteiger partial charge < -0.3 is 10.6 Å². The van der Waals surface area contributed by atoms with Gasteiger partial charge in [-0.1, -0.05) is 6.07 Å². The maximum atomic E-state index is 12.6. The third kappa shape index (κ3) is 3.13. The monoisotopic (exact) mass is 298 g/mol. The van der Waals surface area contributed by atoms with E-state index < -0.39 is 0 Å². The summed E-state index contributed by atoms with van der Waals surface area (Å²) in [5, 5.41) is 4.26. The Labute approximate surface area is 130 Å². The lowest BCUT2D eigenvalue weighted by Gasteiger charge is -2.32. The van der Waals surface area contributed by atoms with Crippen molar-refractivity contribution in [3.05, 3.63) is 47.8 Å². The van der Waals surface area contributed by atoms with Gasteiger partial charge in [0.1, 0.15) is 0 Å². The fourth-order valence-corrected chi connectivity index (χ4v) is 3.03. The number of likely N-dealkylation sites (tertiary alicyclic amines) is 1. The number of aromatic nitrogens is 2. The van der Waals surface area contributed by atoms with Crippen molar-refractivity contribution in [1.29, 1.82) is 0 Å². The van der Waals surface area contributed by atoms with Crippen molar-refractivity contribution in [3.63, 3.8) is 0 Å². The van der Waals surface area contributed by atoms with Crippen molar-refractivity contribution in [2.75, 3.05) is 18.8 Å².